The van der Waals surface area contributed by atoms with Crippen molar-refractivity contribution in [3.05, 3.63) is 0 Å². The monoisotopic (exact) mass is 118 g/mol. The highest BCUT2D eigenvalue weighted by Crippen LogP contribution is 1.98. The van der Waals surface area contributed by atoms with Crippen molar-refractivity contribution < 1.29 is 5.11 Å². The summed E-state index contributed by atoms with van der Waals surface area (Å²) in [6.07, 6.45) is 1.58. The van der Waals surface area contributed by atoms with Gasteiger partial charge in [-0.2, -0.15) is 0 Å². The summed E-state index contributed by atoms with van der Waals surface area (Å²) in [6.45, 7) is 1.84. The summed E-state index contributed by atoms with van der Waals surface area (Å²) in [6, 6.07) is 0. The zero-order valence-electron chi connectivity index (χ0n) is 5.22. The van der Waals surface area contributed by atoms with Gasteiger partial charge < -0.3 is 16.6 Å². The van der Waals surface area contributed by atoms with Crippen LogP contribution in [-0.4, -0.2) is 17.4 Å². The number of aliphatic hydroxyl groups excluding tert-OH is 1. The summed E-state index contributed by atoms with van der Waals surface area (Å²) in [5.41, 5.74) is 9.86. The minimum absolute atomic E-state index is 0.138. The molecule has 0 saturated carbocycles. The Kier molecular flexibility index (Phi) is 2.97. The summed E-state index contributed by atoms with van der Waals surface area (Å²) >= 11 is 0. The van der Waals surface area contributed by atoms with E-state index < -0.39 is 5.66 Å². The van der Waals surface area contributed by atoms with Crippen molar-refractivity contribution in [2.75, 3.05) is 6.61 Å². The van der Waals surface area contributed by atoms with Crippen LogP contribution in [0.5, 0.6) is 0 Å². The van der Waals surface area contributed by atoms with Crippen molar-refractivity contribution in [3.63, 3.8) is 0 Å². The molecule has 0 unspecified atom stereocenters. The van der Waals surface area contributed by atoms with Crippen LogP contribution < -0.4 is 11.5 Å². The molecule has 0 fully saturated rings. The number of rotatable bonds is 3. The van der Waals surface area contributed by atoms with Crippen LogP contribution >= 0.6 is 0 Å². The quantitative estimate of drug-likeness (QED) is 0.433. The summed E-state index contributed by atoms with van der Waals surface area (Å²) < 4.78 is 0. The van der Waals surface area contributed by atoms with Crippen LogP contribution in [-0.2, 0) is 0 Å². The molecule has 0 atom stereocenters. The van der Waals surface area contributed by atoms with Gasteiger partial charge in [-0.25, -0.2) is 0 Å². The minimum atomic E-state index is -0.852. The highest BCUT2D eigenvalue weighted by atomic mass is 16.3. The predicted molar refractivity (Wildman–Crippen MR) is 33.1 cm³/mol. The molecule has 50 valence electrons. The SMILES string of the molecule is CCCC(N)(N)CO. The first-order valence-corrected chi connectivity index (χ1v) is 2.81. The fourth-order valence-corrected chi connectivity index (χ4v) is 0.545. The second-order valence-corrected chi connectivity index (χ2v) is 2.14. The van der Waals surface area contributed by atoms with Crippen LogP contribution in [0, 0.1) is 0 Å². The molecule has 0 rings (SSSR count). The lowest BCUT2D eigenvalue weighted by Gasteiger charge is -2.19. The zero-order valence-corrected chi connectivity index (χ0v) is 5.22. The first kappa shape index (κ1) is 7.88. The van der Waals surface area contributed by atoms with E-state index in [1.807, 2.05) is 6.92 Å². The van der Waals surface area contributed by atoms with Crippen molar-refractivity contribution >= 4 is 0 Å². The highest BCUT2D eigenvalue weighted by Gasteiger charge is 2.14. The van der Waals surface area contributed by atoms with E-state index in [2.05, 4.69) is 0 Å². The molecular weight excluding hydrogens is 104 g/mol. The van der Waals surface area contributed by atoms with Crippen molar-refractivity contribution in [1.29, 1.82) is 0 Å². The van der Waals surface area contributed by atoms with E-state index in [-0.39, 0.29) is 6.61 Å². The van der Waals surface area contributed by atoms with E-state index in [0.717, 1.165) is 6.42 Å². The third-order valence-corrected chi connectivity index (χ3v) is 1.01. The predicted octanol–water partition coefficient (Wildman–Crippen LogP) is -0.607. The van der Waals surface area contributed by atoms with E-state index in [1.54, 1.807) is 0 Å². The van der Waals surface area contributed by atoms with Gasteiger partial charge in [0.05, 0.1) is 12.3 Å². The van der Waals surface area contributed by atoms with Crippen LogP contribution in [0.4, 0.5) is 0 Å². The Labute approximate surface area is 49.7 Å². The summed E-state index contributed by atoms with van der Waals surface area (Å²) in [5, 5.41) is 8.48. The lowest BCUT2D eigenvalue weighted by molar-refractivity contribution is 0.190. The summed E-state index contributed by atoms with van der Waals surface area (Å²) in [7, 11) is 0. The second kappa shape index (κ2) is 3.02. The van der Waals surface area contributed by atoms with Crippen LogP contribution in [0.15, 0.2) is 0 Å². The van der Waals surface area contributed by atoms with Crippen LogP contribution in [0.1, 0.15) is 19.8 Å². The number of aliphatic hydroxyl groups is 1. The van der Waals surface area contributed by atoms with Crippen LogP contribution in [0.25, 0.3) is 0 Å². The van der Waals surface area contributed by atoms with Gasteiger partial charge in [0.15, 0.2) is 0 Å². The maximum Gasteiger partial charge on any atom is 0.0874 e. The molecular formula is C5H14N2O. The summed E-state index contributed by atoms with van der Waals surface area (Å²) in [4.78, 5) is 0. The van der Waals surface area contributed by atoms with Gasteiger partial charge in [-0.3, -0.25) is 0 Å². The molecule has 0 amide bonds. The van der Waals surface area contributed by atoms with E-state index in [0.29, 0.717) is 6.42 Å². The first-order valence-electron chi connectivity index (χ1n) is 2.81. The van der Waals surface area contributed by atoms with Crippen molar-refractivity contribution in [2.24, 2.45) is 11.5 Å². The van der Waals surface area contributed by atoms with Gasteiger partial charge in [0.1, 0.15) is 0 Å². The maximum absolute atomic E-state index is 8.48. The molecule has 0 radical (unpaired) electrons. The average molecular weight is 118 g/mol. The second-order valence-electron chi connectivity index (χ2n) is 2.14. The van der Waals surface area contributed by atoms with Gasteiger partial charge in [-0.1, -0.05) is 13.3 Å². The third kappa shape index (κ3) is 2.96. The lowest BCUT2D eigenvalue weighted by atomic mass is 10.1. The van der Waals surface area contributed by atoms with Gasteiger partial charge in [-0.05, 0) is 6.42 Å². The molecule has 0 saturated heterocycles. The smallest absolute Gasteiger partial charge is 0.0874 e. The fourth-order valence-electron chi connectivity index (χ4n) is 0.545. The Morgan fingerprint density at radius 2 is 2.00 bits per heavy atom. The Balaban J connectivity index is 3.37. The first-order chi connectivity index (χ1) is 3.62. The largest absolute Gasteiger partial charge is 0.393 e. The maximum atomic E-state index is 8.48. The molecule has 0 aromatic heterocycles. The molecule has 5 N–H and O–H groups in total. The average Bonchev–Trinajstić information content (AvgIpc) is 1.67. The molecule has 0 heterocycles. The molecule has 0 spiro atoms. The molecule has 0 aromatic rings. The number of nitrogens with two attached hydrogens (primary N) is 2. The van der Waals surface area contributed by atoms with Gasteiger partial charge in [0, 0.05) is 0 Å². The molecule has 0 aromatic carbocycles. The Bertz CT molecular complexity index is 63.4. The van der Waals surface area contributed by atoms with Gasteiger partial charge >= 0.3 is 0 Å². The minimum Gasteiger partial charge on any atom is -0.393 e. The zero-order chi connectivity index (χ0) is 6.62. The van der Waals surface area contributed by atoms with E-state index >= 15 is 0 Å². The molecule has 3 heteroatoms. The van der Waals surface area contributed by atoms with Gasteiger partial charge in [0.2, 0.25) is 0 Å². The lowest BCUT2D eigenvalue weighted by Crippen LogP contribution is -2.52. The Morgan fingerprint density at radius 3 is 2.12 bits per heavy atom. The Morgan fingerprint density at radius 1 is 1.50 bits per heavy atom. The van der Waals surface area contributed by atoms with Crippen molar-refractivity contribution in [2.45, 2.75) is 25.4 Å². The molecule has 0 aliphatic rings. The van der Waals surface area contributed by atoms with Gasteiger partial charge in [-0.15, -0.1) is 0 Å². The number of hydrogen-bond acceptors (Lipinski definition) is 3. The fraction of sp³-hybridized carbons (Fsp3) is 1.00. The molecule has 0 bridgehead atoms. The Hall–Kier alpha value is -0.120. The summed E-state index contributed by atoms with van der Waals surface area (Å²) in [5.74, 6) is 0. The topological polar surface area (TPSA) is 72.3 Å². The van der Waals surface area contributed by atoms with E-state index in [1.165, 1.54) is 0 Å². The van der Waals surface area contributed by atoms with Crippen LogP contribution in [0.3, 0.4) is 0 Å². The van der Waals surface area contributed by atoms with Crippen molar-refractivity contribution in [3.8, 4) is 0 Å². The third-order valence-electron chi connectivity index (χ3n) is 1.01. The molecule has 3 nitrogen and oxygen atoms in total. The van der Waals surface area contributed by atoms with Crippen LogP contribution in [0.2, 0.25) is 0 Å². The van der Waals surface area contributed by atoms with E-state index in [9.17, 15) is 0 Å². The standard InChI is InChI=1S/C5H14N2O/c1-2-3-5(6,7)4-8/h8H,2-4,6-7H2,1H3. The highest BCUT2D eigenvalue weighted by molar-refractivity contribution is 4.73. The molecule has 0 aliphatic carbocycles. The number of hydrogen-bond donors (Lipinski definition) is 3. The van der Waals surface area contributed by atoms with E-state index in [4.69, 9.17) is 16.6 Å². The van der Waals surface area contributed by atoms with Crippen molar-refractivity contribution in [1.82, 2.24) is 0 Å². The molecule has 0 aliphatic heterocycles. The van der Waals surface area contributed by atoms with Gasteiger partial charge in [0.25, 0.3) is 0 Å². The normalized spacial score (nSPS) is 12.0. The molecule has 8 heavy (non-hydrogen) atoms.